The number of nitrogens with one attached hydrogen (secondary N) is 1. The molecule has 0 radical (unpaired) electrons. The summed E-state index contributed by atoms with van der Waals surface area (Å²) in [7, 11) is 0. The Hall–Kier alpha value is -0.410. The molecule has 0 spiro atoms. The largest absolute Gasteiger partial charge is 0.317 e. The van der Waals surface area contributed by atoms with Gasteiger partial charge in [0, 0.05) is 0 Å². The number of hydrogen-bond donors (Lipinski definition) is 1. The monoisotopic (exact) mass is 285 g/mol. The lowest BCUT2D eigenvalue weighted by Crippen LogP contribution is -2.28. The summed E-state index contributed by atoms with van der Waals surface area (Å²) in [5, 5.41) is 3.37. The molecule has 0 amide bonds. The normalized spacial score (nSPS) is 17.7. The second-order valence-electron chi connectivity index (χ2n) is 4.54. The molecule has 1 fully saturated rings. The van der Waals surface area contributed by atoms with E-state index in [4.69, 9.17) is 0 Å². The molecular weight excluding hydrogens is 269 g/mol. The summed E-state index contributed by atoms with van der Waals surface area (Å²) in [6.07, 6.45) is 3.54. The van der Waals surface area contributed by atoms with E-state index in [-0.39, 0.29) is 5.82 Å². The van der Waals surface area contributed by atoms with Crippen molar-refractivity contribution in [3.8, 4) is 0 Å². The fourth-order valence-corrected chi connectivity index (χ4v) is 2.70. The highest BCUT2D eigenvalue weighted by Gasteiger charge is 2.16. The average Bonchev–Trinajstić information content (AvgIpc) is 2.31. The zero-order valence-electron chi connectivity index (χ0n) is 9.52. The van der Waals surface area contributed by atoms with Crippen LogP contribution in [0.15, 0.2) is 16.6 Å². The fraction of sp³-hybridized carbons (Fsp3) is 0.538. The maximum Gasteiger partial charge on any atom is 0.137 e. The van der Waals surface area contributed by atoms with Gasteiger partial charge in [-0.05, 0) is 78.3 Å². The minimum atomic E-state index is -0.161. The first-order valence-corrected chi connectivity index (χ1v) is 6.62. The van der Waals surface area contributed by atoms with Crippen LogP contribution in [0, 0.1) is 18.7 Å². The van der Waals surface area contributed by atoms with Crippen molar-refractivity contribution in [2.75, 3.05) is 13.1 Å². The third kappa shape index (κ3) is 2.64. The van der Waals surface area contributed by atoms with Crippen LogP contribution in [0.4, 0.5) is 4.39 Å². The first-order chi connectivity index (χ1) is 7.68. The Morgan fingerprint density at radius 1 is 1.38 bits per heavy atom. The van der Waals surface area contributed by atoms with E-state index in [9.17, 15) is 4.39 Å². The molecule has 1 aromatic carbocycles. The van der Waals surface area contributed by atoms with Crippen molar-refractivity contribution in [2.24, 2.45) is 5.92 Å². The van der Waals surface area contributed by atoms with Gasteiger partial charge in [-0.1, -0.05) is 6.07 Å². The Balaban J connectivity index is 2.11. The van der Waals surface area contributed by atoms with Gasteiger partial charge in [0.25, 0.3) is 0 Å². The van der Waals surface area contributed by atoms with Crippen LogP contribution in [-0.4, -0.2) is 13.1 Å². The summed E-state index contributed by atoms with van der Waals surface area (Å²) in [6, 6.07) is 3.49. The van der Waals surface area contributed by atoms with Gasteiger partial charge < -0.3 is 5.32 Å². The molecule has 16 heavy (non-hydrogen) atoms. The van der Waals surface area contributed by atoms with Crippen LogP contribution in [0.3, 0.4) is 0 Å². The Bertz CT molecular complexity index is 372. The topological polar surface area (TPSA) is 12.0 Å². The smallest absolute Gasteiger partial charge is 0.137 e. The van der Waals surface area contributed by atoms with Gasteiger partial charge in [0.05, 0.1) is 4.47 Å². The molecule has 0 aliphatic carbocycles. The summed E-state index contributed by atoms with van der Waals surface area (Å²) < 4.78 is 13.9. The van der Waals surface area contributed by atoms with E-state index >= 15 is 0 Å². The van der Waals surface area contributed by atoms with Crippen molar-refractivity contribution >= 4 is 15.9 Å². The van der Waals surface area contributed by atoms with Crippen LogP contribution >= 0.6 is 15.9 Å². The molecule has 2 rings (SSSR count). The van der Waals surface area contributed by atoms with E-state index in [2.05, 4.69) is 21.2 Å². The van der Waals surface area contributed by atoms with Crippen LogP contribution in [-0.2, 0) is 6.42 Å². The number of halogens is 2. The zero-order chi connectivity index (χ0) is 11.5. The third-order valence-electron chi connectivity index (χ3n) is 3.42. The van der Waals surface area contributed by atoms with Crippen LogP contribution < -0.4 is 5.32 Å². The molecule has 1 saturated heterocycles. The van der Waals surface area contributed by atoms with E-state index in [1.165, 1.54) is 18.4 Å². The predicted molar refractivity (Wildman–Crippen MR) is 68.1 cm³/mol. The summed E-state index contributed by atoms with van der Waals surface area (Å²) in [5.74, 6) is 0.587. The van der Waals surface area contributed by atoms with Gasteiger partial charge in [0.15, 0.2) is 0 Å². The van der Waals surface area contributed by atoms with Gasteiger partial charge in [-0.25, -0.2) is 4.39 Å². The van der Waals surface area contributed by atoms with Crippen molar-refractivity contribution in [3.63, 3.8) is 0 Å². The Morgan fingerprint density at radius 3 is 2.75 bits per heavy atom. The summed E-state index contributed by atoms with van der Waals surface area (Å²) in [5.41, 5.74) is 2.33. The molecule has 1 nitrogen and oxygen atoms in total. The van der Waals surface area contributed by atoms with Gasteiger partial charge in [0.1, 0.15) is 5.82 Å². The van der Waals surface area contributed by atoms with Crippen molar-refractivity contribution in [3.05, 3.63) is 33.5 Å². The fourth-order valence-electron chi connectivity index (χ4n) is 2.31. The maximum absolute atomic E-state index is 13.3. The molecule has 88 valence electrons. The second-order valence-corrected chi connectivity index (χ2v) is 5.34. The molecular formula is C13H17BrFN. The van der Waals surface area contributed by atoms with Gasteiger partial charge in [-0.15, -0.1) is 0 Å². The van der Waals surface area contributed by atoms with Crippen LogP contribution in [0.5, 0.6) is 0 Å². The number of rotatable bonds is 2. The molecule has 3 heteroatoms. The van der Waals surface area contributed by atoms with E-state index in [0.717, 1.165) is 31.0 Å². The number of hydrogen-bond acceptors (Lipinski definition) is 1. The second kappa shape index (κ2) is 5.28. The molecule has 1 aromatic rings. The molecule has 1 aliphatic rings. The molecule has 1 aliphatic heterocycles. The summed E-state index contributed by atoms with van der Waals surface area (Å²) >= 11 is 3.31. The highest BCUT2D eigenvalue weighted by molar-refractivity contribution is 9.10. The van der Waals surface area contributed by atoms with Gasteiger partial charge in [0.2, 0.25) is 0 Å². The van der Waals surface area contributed by atoms with Gasteiger partial charge in [-0.3, -0.25) is 0 Å². The molecule has 0 aromatic heterocycles. The minimum Gasteiger partial charge on any atom is -0.317 e. The quantitative estimate of drug-likeness (QED) is 0.878. The number of piperidine rings is 1. The van der Waals surface area contributed by atoms with E-state index in [1.54, 1.807) is 6.07 Å². The highest BCUT2D eigenvalue weighted by Crippen LogP contribution is 2.27. The SMILES string of the molecule is Cc1c(CC2CCNCC2)ccc(F)c1Br. The Labute approximate surface area is 105 Å². The highest BCUT2D eigenvalue weighted by atomic mass is 79.9. The molecule has 0 atom stereocenters. The average molecular weight is 286 g/mol. The molecule has 0 saturated carbocycles. The molecule has 0 unspecified atom stereocenters. The molecule has 0 bridgehead atoms. The summed E-state index contributed by atoms with van der Waals surface area (Å²) in [4.78, 5) is 0. The lowest BCUT2D eigenvalue weighted by atomic mass is 9.89. The molecule has 1 heterocycles. The van der Waals surface area contributed by atoms with Crippen molar-refractivity contribution < 1.29 is 4.39 Å². The minimum absolute atomic E-state index is 0.161. The molecule has 1 N–H and O–H groups in total. The van der Waals surface area contributed by atoms with Crippen molar-refractivity contribution in [2.45, 2.75) is 26.2 Å². The lowest BCUT2D eigenvalue weighted by molar-refractivity contribution is 0.372. The van der Waals surface area contributed by atoms with Crippen molar-refractivity contribution in [1.29, 1.82) is 0 Å². The van der Waals surface area contributed by atoms with Gasteiger partial charge >= 0.3 is 0 Å². The Kier molecular flexibility index (Phi) is 3.98. The van der Waals surface area contributed by atoms with Crippen LogP contribution in [0.25, 0.3) is 0 Å². The maximum atomic E-state index is 13.3. The Morgan fingerprint density at radius 2 is 2.06 bits per heavy atom. The van der Waals surface area contributed by atoms with E-state index in [1.807, 2.05) is 13.0 Å². The third-order valence-corrected chi connectivity index (χ3v) is 4.39. The first kappa shape index (κ1) is 12.1. The first-order valence-electron chi connectivity index (χ1n) is 5.82. The zero-order valence-corrected chi connectivity index (χ0v) is 11.1. The number of benzene rings is 1. The van der Waals surface area contributed by atoms with Crippen molar-refractivity contribution in [1.82, 2.24) is 5.32 Å². The van der Waals surface area contributed by atoms with Crippen LogP contribution in [0.1, 0.15) is 24.0 Å². The van der Waals surface area contributed by atoms with E-state index in [0.29, 0.717) is 4.47 Å². The summed E-state index contributed by atoms with van der Waals surface area (Å²) in [6.45, 7) is 4.22. The van der Waals surface area contributed by atoms with Crippen LogP contribution in [0.2, 0.25) is 0 Å². The van der Waals surface area contributed by atoms with Gasteiger partial charge in [-0.2, -0.15) is 0 Å². The predicted octanol–water partition coefficient (Wildman–Crippen LogP) is 3.44. The standard InChI is InChI=1S/C13H17BrFN/c1-9-11(2-3-12(15)13(9)14)8-10-4-6-16-7-5-10/h2-3,10,16H,4-8H2,1H3. The lowest BCUT2D eigenvalue weighted by Gasteiger charge is -2.23. The van der Waals surface area contributed by atoms with E-state index < -0.39 is 0 Å².